The van der Waals surface area contributed by atoms with Gasteiger partial charge in [-0.2, -0.15) is 0 Å². The second-order valence-electron chi connectivity index (χ2n) is 5.87. The molecule has 0 spiro atoms. The van der Waals surface area contributed by atoms with Crippen LogP contribution >= 0.6 is 11.6 Å². The smallest absolute Gasteiger partial charge is 0.277 e. The van der Waals surface area contributed by atoms with Crippen LogP contribution in [0.4, 0.5) is 11.4 Å². The van der Waals surface area contributed by atoms with Crippen LogP contribution in [-0.2, 0) is 0 Å². The van der Waals surface area contributed by atoms with E-state index in [1.807, 2.05) is 0 Å². The minimum Gasteiger partial charge on any atom is -0.364 e. The Kier molecular flexibility index (Phi) is 5.89. The van der Waals surface area contributed by atoms with Gasteiger partial charge in [0.05, 0.1) is 11.3 Å². The molecule has 0 bridgehead atoms. The first-order valence-corrected chi connectivity index (χ1v) is 8.97. The third-order valence-electron chi connectivity index (χ3n) is 4.06. The van der Waals surface area contributed by atoms with Crippen molar-refractivity contribution in [2.45, 2.75) is 6.92 Å². The van der Waals surface area contributed by atoms with Crippen molar-refractivity contribution in [3.63, 3.8) is 0 Å². The van der Waals surface area contributed by atoms with Gasteiger partial charge in [-0.3, -0.25) is 14.4 Å². The van der Waals surface area contributed by atoms with Gasteiger partial charge >= 0.3 is 0 Å². The Bertz CT molecular complexity index is 1060. The number of aromatic nitrogens is 3. The van der Waals surface area contributed by atoms with Crippen LogP contribution < -0.4 is 16.0 Å². The Balaban J connectivity index is 1.78. The molecule has 4 N–H and O–H groups in total. The van der Waals surface area contributed by atoms with Gasteiger partial charge in [-0.05, 0) is 43.3 Å². The quantitative estimate of drug-likeness (QED) is 0.571. The number of hydrogen-bond acceptors (Lipinski definition) is 5. The summed E-state index contributed by atoms with van der Waals surface area (Å²) in [5.41, 5.74) is 6.33. The number of nitrogens with zero attached hydrogens (tertiary/aromatic N) is 3. The first-order chi connectivity index (χ1) is 13.9. The molecule has 1 aromatic carbocycles. The highest BCUT2D eigenvalue weighted by atomic mass is 35.5. The number of carbonyl (C=O) groups is 3. The Morgan fingerprint density at radius 3 is 2.48 bits per heavy atom. The monoisotopic (exact) mass is 412 g/mol. The van der Waals surface area contributed by atoms with E-state index in [2.05, 4.69) is 20.3 Å². The van der Waals surface area contributed by atoms with Crippen LogP contribution in [0, 0.1) is 0 Å². The number of carbonyl (C=O) groups excluding carboxylic acids is 3. The maximum atomic E-state index is 12.8. The van der Waals surface area contributed by atoms with Gasteiger partial charge in [-0.25, -0.2) is 9.97 Å². The van der Waals surface area contributed by atoms with Crippen molar-refractivity contribution in [1.29, 1.82) is 0 Å². The van der Waals surface area contributed by atoms with Crippen LogP contribution in [-0.4, -0.2) is 39.2 Å². The van der Waals surface area contributed by atoms with E-state index in [1.165, 1.54) is 17.4 Å². The Hall–Kier alpha value is -3.72. The molecule has 2 aromatic heterocycles. The minimum absolute atomic E-state index is 0.0153. The van der Waals surface area contributed by atoms with Crippen LogP contribution in [0.15, 0.2) is 48.9 Å². The summed E-state index contributed by atoms with van der Waals surface area (Å²) in [4.78, 5) is 48.4. The first-order valence-electron chi connectivity index (χ1n) is 8.59. The van der Waals surface area contributed by atoms with E-state index in [0.717, 1.165) is 0 Å². The second kappa shape index (κ2) is 8.53. The highest BCUT2D eigenvalue weighted by molar-refractivity contribution is 6.34. The summed E-state index contributed by atoms with van der Waals surface area (Å²) in [5.74, 6) is -1.69. The molecule has 3 rings (SSSR count). The van der Waals surface area contributed by atoms with Crippen molar-refractivity contribution in [3.05, 3.63) is 71.0 Å². The number of nitrogens with one attached hydrogen (secondary N) is 2. The molecule has 2 heterocycles. The van der Waals surface area contributed by atoms with E-state index >= 15 is 0 Å². The number of benzene rings is 1. The number of primary amides is 1. The van der Waals surface area contributed by atoms with E-state index in [9.17, 15) is 14.4 Å². The number of hydrogen-bond donors (Lipinski definition) is 3. The molecule has 0 aliphatic heterocycles. The molecule has 29 heavy (non-hydrogen) atoms. The molecule has 0 aliphatic rings. The van der Waals surface area contributed by atoms with Crippen LogP contribution in [0.1, 0.15) is 38.4 Å². The molecule has 0 saturated carbocycles. The van der Waals surface area contributed by atoms with E-state index in [1.54, 1.807) is 43.3 Å². The lowest BCUT2D eigenvalue weighted by atomic mass is 10.2. The fraction of sp³-hybridized carbons (Fsp3) is 0.105. The number of H-pyrrole nitrogens is 1. The number of rotatable bonds is 6. The molecule has 0 atom stereocenters. The predicted octanol–water partition coefficient (Wildman–Crippen LogP) is 2.48. The van der Waals surface area contributed by atoms with Crippen molar-refractivity contribution in [1.82, 2.24) is 15.0 Å². The summed E-state index contributed by atoms with van der Waals surface area (Å²) in [6, 6.07) is 9.82. The normalized spacial score (nSPS) is 10.4. The van der Waals surface area contributed by atoms with Gasteiger partial charge in [-0.1, -0.05) is 11.6 Å². The number of anilines is 2. The predicted molar refractivity (Wildman–Crippen MR) is 108 cm³/mol. The number of nitrogens with two attached hydrogens (primary N) is 1. The van der Waals surface area contributed by atoms with Gasteiger partial charge in [0.15, 0.2) is 5.69 Å². The molecule has 3 aromatic rings. The van der Waals surface area contributed by atoms with Gasteiger partial charge in [0, 0.05) is 24.1 Å². The summed E-state index contributed by atoms with van der Waals surface area (Å²) in [7, 11) is 0. The molecule has 10 heteroatoms. The van der Waals surface area contributed by atoms with Gasteiger partial charge in [0.2, 0.25) is 0 Å². The summed E-state index contributed by atoms with van der Waals surface area (Å²) >= 11 is 5.98. The van der Waals surface area contributed by atoms with Gasteiger partial charge < -0.3 is 20.9 Å². The molecule has 0 saturated heterocycles. The number of pyridine rings is 1. The topological polar surface area (TPSA) is 134 Å². The lowest BCUT2D eigenvalue weighted by Gasteiger charge is -2.21. The van der Waals surface area contributed by atoms with Gasteiger partial charge in [-0.15, -0.1) is 0 Å². The molecular formula is C19H17ClN6O3. The zero-order valence-corrected chi connectivity index (χ0v) is 16.1. The highest BCUT2D eigenvalue weighted by Crippen LogP contribution is 2.21. The number of amides is 3. The number of imidazole rings is 1. The SMILES string of the molecule is CCN(C(=O)c1[nH]cnc1C(N)=O)c1ccc(NC(=O)c2ncccc2Cl)cc1. The molecule has 0 radical (unpaired) electrons. The fourth-order valence-electron chi connectivity index (χ4n) is 2.69. The van der Waals surface area contributed by atoms with Crippen molar-refractivity contribution < 1.29 is 14.4 Å². The van der Waals surface area contributed by atoms with Crippen molar-refractivity contribution in [3.8, 4) is 0 Å². The van der Waals surface area contributed by atoms with Crippen LogP contribution in [0.25, 0.3) is 0 Å². The first kappa shape index (κ1) is 20.0. The fourth-order valence-corrected chi connectivity index (χ4v) is 2.90. The molecule has 0 unspecified atom stereocenters. The van der Waals surface area contributed by atoms with Crippen molar-refractivity contribution in [2.75, 3.05) is 16.8 Å². The molecular weight excluding hydrogens is 396 g/mol. The van der Waals surface area contributed by atoms with Crippen molar-refractivity contribution >= 4 is 40.7 Å². The Labute approximate surface area is 170 Å². The lowest BCUT2D eigenvalue weighted by molar-refractivity contribution is 0.0956. The van der Waals surface area contributed by atoms with Crippen LogP contribution in [0.3, 0.4) is 0 Å². The van der Waals surface area contributed by atoms with Gasteiger partial charge in [0.25, 0.3) is 17.7 Å². The Morgan fingerprint density at radius 2 is 1.86 bits per heavy atom. The summed E-state index contributed by atoms with van der Waals surface area (Å²) in [6.45, 7) is 2.13. The molecule has 0 fully saturated rings. The average molecular weight is 413 g/mol. The van der Waals surface area contributed by atoms with Gasteiger partial charge in [0.1, 0.15) is 11.4 Å². The summed E-state index contributed by atoms with van der Waals surface area (Å²) in [5, 5.41) is 2.94. The summed E-state index contributed by atoms with van der Waals surface area (Å²) < 4.78 is 0. The Morgan fingerprint density at radius 1 is 1.14 bits per heavy atom. The third kappa shape index (κ3) is 4.25. The second-order valence-corrected chi connectivity index (χ2v) is 6.28. The number of aromatic amines is 1. The lowest BCUT2D eigenvalue weighted by Crippen LogP contribution is -2.32. The van der Waals surface area contributed by atoms with E-state index in [4.69, 9.17) is 17.3 Å². The third-order valence-corrected chi connectivity index (χ3v) is 4.36. The molecule has 0 aliphatic carbocycles. The van der Waals surface area contributed by atoms with Crippen LogP contribution in [0.5, 0.6) is 0 Å². The molecule has 9 nitrogen and oxygen atoms in total. The van der Waals surface area contributed by atoms with E-state index in [0.29, 0.717) is 17.9 Å². The standard InChI is InChI=1S/C19H17ClN6O3/c1-2-26(19(29)16-15(17(21)27)23-10-24-16)12-7-5-11(6-8-12)25-18(28)14-13(20)4-3-9-22-14/h3-10H,2H2,1H3,(H2,21,27)(H,23,24)(H,25,28). The van der Waals surface area contributed by atoms with E-state index < -0.39 is 17.7 Å². The molecule has 148 valence electrons. The van der Waals surface area contributed by atoms with E-state index in [-0.39, 0.29) is 22.1 Å². The maximum Gasteiger partial charge on any atom is 0.277 e. The largest absolute Gasteiger partial charge is 0.364 e. The highest BCUT2D eigenvalue weighted by Gasteiger charge is 2.24. The van der Waals surface area contributed by atoms with Crippen LogP contribution in [0.2, 0.25) is 5.02 Å². The number of halogens is 1. The molecule has 3 amide bonds. The van der Waals surface area contributed by atoms with Crippen molar-refractivity contribution in [2.24, 2.45) is 5.73 Å². The maximum absolute atomic E-state index is 12.8. The summed E-state index contributed by atoms with van der Waals surface area (Å²) in [6.07, 6.45) is 2.72. The zero-order chi connectivity index (χ0) is 21.0. The average Bonchev–Trinajstić information content (AvgIpc) is 3.20. The zero-order valence-electron chi connectivity index (χ0n) is 15.3. The minimum atomic E-state index is -0.795.